The van der Waals surface area contributed by atoms with Gasteiger partial charge >= 0.3 is 5.97 Å². The number of hydrogen-bond donors (Lipinski definition) is 2. The molecule has 7 heteroatoms. The van der Waals surface area contributed by atoms with Gasteiger partial charge in [0, 0.05) is 11.1 Å². The second kappa shape index (κ2) is 6.53. The van der Waals surface area contributed by atoms with Crippen molar-refractivity contribution in [2.45, 2.75) is 6.92 Å². The SMILES string of the molecule is CC1=C(C#N)C(=O)NC(=O)/C1=C\c1ccc(-c2ccccc2C(=O)O)o1. The van der Waals surface area contributed by atoms with Gasteiger partial charge in [-0.2, -0.15) is 5.26 Å². The summed E-state index contributed by atoms with van der Waals surface area (Å²) in [6.45, 7) is 1.50. The number of carbonyl (C=O) groups is 3. The molecule has 0 fully saturated rings. The van der Waals surface area contributed by atoms with Crippen molar-refractivity contribution in [2.75, 3.05) is 0 Å². The molecule has 2 heterocycles. The van der Waals surface area contributed by atoms with Gasteiger partial charge in [0.25, 0.3) is 11.8 Å². The zero-order chi connectivity index (χ0) is 18.8. The zero-order valence-electron chi connectivity index (χ0n) is 13.6. The van der Waals surface area contributed by atoms with Crippen LogP contribution < -0.4 is 5.32 Å². The van der Waals surface area contributed by atoms with Crippen molar-refractivity contribution in [1.29, 1.82) is 5.26 Å². The highest BCUT2D eigenvalue weighted by atomic mass is 16.4. The number of nitrogens with zero attached hydrogens (tertiary/aromatic N) is 1. The van der Waals surface area contributed by atoms with Gasteiger partial charge in [0.2, 0.25) is 0 Å². The lowest BCUT2D eigenvalue weighted by molar-refractivity contribution is -0.126. The maximum Gasteiger partial charge on any atom is 0.336 e. The summed E-state index contributed by atoms with van der Waals surface area (Å²) in [6.07, 6.45) is 1.40. The minimum atomic E-state index is -1.08. The van der Waals surface area contributed by atoms with Crippen molar-refractivity contribution < 1.29 is 23.9 Å². The number of carboxylic acid groups (broad SMARTS) is 1. The first-order valence-electron chi connectivity index (χ1n) is 7.53. The predicted molar refractivity (Wildman–Crippen MR) is 90.5 cm³/mol. The number of benzene rings is 1. The van der Waals surface area contributed by atoms with Gasteiger partial charge in [-0.05, 0) is 36.8 Å². The Morgan fingerprint density at radius 1 is 1.19 bits per heavy atom. The van der Waals surface area contributed by atoms with Crippen LogP contribution in [0, 0.1) is 11.3 Å². The van der Waals surface area contributed by atoms with Crippen LogP contribution in [-0.4, -0.2) is 22.9 Å². The van der Waals surface area contributed by atoms with E-state index in [1.54, 1.807) is 36.4 Å². The van der Waals surface area contributed by atoms with Gasteiger partial charge < -0.3 is 9.52 Å². The number of imide groups is 1. The lowest BCUT2D eigenvalue weighted by Gasteiger charge is -2.15. The van der Waals surface area contributed by atoms with Crippen LogP contribution in [-0.2, 0) is 9.59 Å². The van der Waals surface area contributed by atoms with Gasteiger partial charge in [-0.15, -0.1) is 0 Å². The second-order valence-electron chi connectivity index (χ2n) is 5.51. The van der Waals surface area contributed by atoms with E-state index in [0.29, 0.717) is 11.3 Å². The molecule has 0 aliphatic carbocycles. The van der Waals surface area contributed by atoms with Crippen LogP contribution in [0.3, 0.4) is 0 Å². The van der Waals surface area contributed by atoms with E-state index >= 15 is 0 Å². The summed E-state index contributed by atoms with van der Waals surface area (Å²) in [5.74, 6) is -1.84. The highest BCUT2D eigenvalue weighted by molar-refractivity contribution is 6.19. The van der Waals surface area contributed by atoms with Crippen molar-refractivity contribution >= 4 is 23.9 Å². The molecule has 2 aromatic rings. The molecule has 26 heavy (non-hydrogen) atoms. The molecule has 0 bridgehead atoms. The molecule has 1 aromatic carbocycles. The Balaban J connectivity index is 2.04. The average Bonchev–Trinajstić information content (AvgIpc) is 3.07. The molecule has 3 rings (SSSR count). The Labute approximate surface area is 147 Å². The fourth-order valence-corrected chi connectivity index (χ4v) is 2.62. The first-order valence-corrected chi connectivity index (χ1v) is 7.53. The quantitative estimate of drug-likeness (QED) is 0.649. The van der Waals surface area contributed by atoms with Crippen LogP contribution in [0.5, 0.6) is 0 Å². The Morgan fingerprint density at radius 2 is 1.92 bits per heavy atom. The molecule has 0 spiro atoms. The highest BCUT2D eigenvalue weighted by Crippen LogP contribution is 2.28. The standard InChI is InChI=1S/C19H12N2O5/c1-10-14(17(22)21-18(23)15(10)9-20)8-11-6-7-16(26-11)12-4-2-3-5-13(12)19(24)25/h2-8H,1H3,(H,24,25)(H,21,22,23)/b14-8-. The molecule has 2 amide bonds. The number of rotatable bonds is 3. The number of aromatic carboxylic acids is 1. The Kier molecular flexibility index (Phi) is 4.25. The number of hydrogen-bond acceptors (Lipinski definition) is 5. The number of amides is 2. The summed E-state index contributed by atoms with van der Waals surface area (Å²) in [5, 5.41) is 20.4. The molecule has 0 unspecified atom stereocenters. The first kappa shape index (κ1) is 16.9. The van der Waals surface area contributed by atoms with Crippen LogP contribution in [0.1, 0.15) is 23.0 Å². The molecule has 0 saturated heterocycles. The first-order chi connectivity index (χ1) is 12.4. The molecule has 1 aliphatic heterocycles. The summed E-state index contributed by atoms with van der Waals surface area (Å²) in [5.41, 5.74) is 0.736. The smallest absolute Gasteiger partial charge is 0.336 e. The molecule has 7 nitrogen and oxygen atoms in total. The normalized spacial score (nSPS) is 15.8. The van der Waals surface area contributed by atoms with Crippen molar-refractivity contribution in [3.8, 4) is 17.4 Å². The molecule has 1 aromatic heterocycles. The van der Waals surface area contributed by atoms with E-state index in [1.807, 2.05) is 0 Å². The summed E-state index contributed by atoms with van der Waals surface area (Å²) < 4.78 is 5.65. The van der Waals surface area contributed by atoms with Gasteiger partial charge in [0.1, 0.15) is 23.2 Å². The van der Waals surface area contributed by atoms with Crippen molar-refractivity contribution in [3.05, 3.63) is 64.4 Å². The Bertz CT molecular complexity index is 1050. The maximum absolute atomic E-state index is 12.0. The van der Waals surface area contributed by atoms with E-state index in [0.717, 1.165) is 0 Å². The summed E-state index contributed by atoms with van der Waals surface area (Å²) in [4.78, 5) is 35.0. The molecule has 2 N–H and O–H groups in total. The monoisotopic (exact) mass is 348 g/mol. The van der Waals surface area contributed by atoms with Crippen LogP contribution in [0.2, 0.25) is 0 Å². The van der Waals surface area contributed by atoms with Crippen molar-refractivity contribution in [1.82, 2.24) is 5.32 Å². The second-order valence-corrected chi connectivity index (χ2v) is 5.51. The summed E-state index contributed by atoms with van der Waals surface area (Å²) in [7, 11) is 0. The minimum absolute atomic E-state index is 0.0879. The fraction of sp³-hybridized carbons (Fsp3) is 0.0526. The zero-order valence-corrected chi connectivity index (χ0v) is 13.6. The minimum Gasteiger partial charge on any atom is -0.478 e. The highest BCUT2D eigenvalue weighted by Gasteiger charge is 2.27. The summed E-state index contributed by atoms with van der Waals surface area (Å²) >= 11 is 0. The van der Waals surface area contributed by atoms with Gasteiger partial charge in [0.05, 0.1) is 5.56 Å². The van der Waals surface area contributed by atoms with Gasteiger partial charge in [-0.1, -0.05) is 18.2 Å². The Morgan fingerprint density at radius 3 is 2.62 bits per heavy atom. The molecular weight excluding hydrogens is 336 g/mol. The van der Waals surface area contributed by atoms with E-state index in [1.165, 1.54) is 19.1 Å². The lowest BCUT2D eigenvalue weighted by atomic mass is 9.96. The van der Waals surface area contributed by atoms with Crippen molar-refractivity contribution in [2.24, 2.45) is 0 Å². The van der Waals surface area contributed by atoms with Crippen LogP contribution in [0.15, 0.2) is 57.5 Å². The average molecular weight is 348 g/mol. The number of nitriles is 1. The number of furan rings is 1. The fourth-order valence-electron chi connectivity index (χ4n) is 2.62. The number of carboxylic acids is 1. The number of carbonyl (C=O) groups excluding carboxylic acids is 2. The van der Waals surface area contributed by atoms with E-state index in [9.17, 15) is 19.5 Å². The molecule has 0 radical (unpaired) electrons. The number of nitrogens with one attached hydrogen (secondary N) is 1. The third-order valence-corrected chi connectivity index (χ3v) is 3.93. The molecule has 0 saturated carbocycles. The molecule has 0 atom stereocenters. The van der Waals surface area contributed by atoms with Crippen molar-refractivity contribution in [3.63, 3.8) is 0 Å². The Hall–Kier alpha value is -3.92. The lowest BCUT2D eigenvalue weighted by Crippen LogP contribution is -2.37. The van der Waals surface area contributed by atoms with Crippen LogP contribution in [0.4, 0.5) is 0 Å². The molecular formula is C19H12N2O5. The molecule has 128 valence electrons. The largest absolute Gasteiger partial charge is 0.478 e. The van der Waals surface area contributed by atoms with Gasteiger partial charge in [0.15, 0.2) is 0 Å². The van der Waals surface area contributed by atoms with E-state index in [4.69, 9.17) is 9.68 Å². The van der Waals surface area contributed by atoms with Crippen LogP contribution in [0.25, 0.3) is 17.4 Å². The van der Waals surface area contributed by atoms with E-state index in [-0.39, 0.29) is 28.0 Å². The summed E-state index contributed by atoms with van der Waals surface area (Å²) in [6, 6.07) is 11.3. The predicted octanol–water partition coefficient (Wildman–Crippen LogP) is 2.52. The van der Waals surface area contributed by atoms with Gasteiger partial charge in [-0.3, -0.25) is 14.9 Å². The van der Waals surface area contributed by atoms with Crippen LogP contribution >= 0.6 is 0 Å². The third-order valence-electron chi connectivity index (χ3n) is 3.93. The topological polar surface area (TPSA) is 120 Å². The third kappa shape index (κ3) is 2.91. The van der Waals surface area contributed by atoms with Gasteiger partial charge in [-0.25, -0.2) is 4.79 Å². The molecule has 1 aliphatic rings. The van der Waals surface area contributed by atoms with E-state index in [2.05, 4.69) is 5.32 Å². The van der Waals surface area contributed by atoms with E-state index < -0.39 is 17.8 Å². The maximum atomic E-state index is 12.0.